The normalized spacial score (nSPS) is 20.1. The Morgan fingerprint density at radius 1 is 1.50 bits per heavy atom. The van der Waals surface area contributed by atoms with E-state index in [1.807, 2.05) is 13.0 Å². The largest absolute Gasteiger partial charge is 0.330 e. The van der Waals surface area contributed by atoms with Crippen LogP contribution in [0.5, 0.6) is 0 Å². The second kappa shape index (κ2) is 4.40. The Balaban J connectivity index is 2.24. The molecule has 5 nitrogen and oxygen atoms in total. The van der Waals surface area contributed by atoms with Crippen molar-refractivity contribution in [3.63, 3.8) is 0 Å². The molecule has 84 valence electrons. The molecule has 0 saturated carbocycles. The number of nitrogens with two attached hydrogens (primary N) is 1. The zero-order valence-corrected chi connectivity index (χ0v) is 9.13. The topological polar surface area (TPSA) is 71.6 Å². The van der Waals surface area contributed by atoms with E-state index < -0.39 is 0 Å². The fraction of sp³-hybridized carbons (Fsp3) is 0.364. The van der Waals surface area contributed by atoms with Gasteiger partial charge in [0.05, 0.1) is 5.92 Å². The summed E-state index contributed by atoms with van der Waals surface area (Å²) in [5, 5.41) is 5.58. The van der Waals surface area contributed by atoms with Crippen molar-refractivity contribution < 1.29 is 4.79 Å². The average molecular weight is 218 g/mol. The summed E-state index contributed by atoms with van der Waals surface area (Å²) >= 11 is 0. The van der Waals surface area contributed by atoms with Crippen LogP contribution in [0.1, 0.15) is 13.3 Å². The lowest BCUT2D eigenvalue weighted by Crippen LogP contribution is -2.29. The molecular formula is C11H14N4O. The van der Waals surface area contributed by atoms with Crippen molar-refractivity contribution in [1.29, 1.82) is 0 Å². The van der Waals surface area contributed by atoms with Crippen molar-refractivity contribution in [1.82, 2.24) is 4.98 Å². The number of aromatic nitrogens is 1. The van der Waals surface area contributed by atoms with Crippen molar-refractivity contribution in [2.75, 3.05) is 11.6 Å². The molecule has 0 radical (unpaired) electrons. The molecule has 2 N–H and O–H groups in total. The third-order valence-electron chi connectivity index (χ3n) is 2.59. The number of carbonyl (C=O) groups is 1. The Bertz CT molecular complexity index is 415. The van der Waals surface area contributed by atoms with Crippen LogP contribution < -0.4 is 10.7 Å². The summed E-state index contributed by atoms with van der Waals surface area (Å²) in [6, 6.07) is 5.40. The summed E-state index contributed by atoms with van der Waals surface area (Å²) in [5.41, 5.74) is 6.28. The van der Waals surface area contributed by atoms with E-state index in [-0.39, 0.29) is 11.8 Å². The standard InChI is InChI=1S/C11H14N4O/c1-8-9(5-6-12)11(16)15(14-8)10-4-2-3-7-13-10/h2-4,7,9H,5-6,12H2,1H3. The quantitative estimate of drug-likeness (QED) is 0.814. The first kappa shape index (κ1) is 10.8. The Hall–Kier alpha value is -1.75. The molecule has 1 amide bonds. The molecule has 1 unspecified atom stereocenters. The lowest BCUT2D eigenvalue weighted by Gasteiger charge is -2.12. The third kappa shape index (κ3) is 1.81. The molecule has 0 bridgehead atoms. The molecule has 1 aromatic rings. The number of carbonyl (C=O) groups excluding carboxylic acids is 1. The first-order valence-corrected chi connectivity index (χ1v) is 5.24. The molecule has 0 aliphatic carbocycles. The zero-order chi connectivity index (χ0) is 11.5. The fourth-order valence-electron chi connectivity index (χ4n) is 1.75. The number of hydrogen-bond donors (Lipinski definition) is 1. The van der Waals surface area contributed by atoms with E-state index in [2.05, 4.69) is 10.1 Å². The molecule has 0 spiro atoms. The molecule has 1 atom stereocenters. The highest BCUT2D eigenvalue weighted by molar-refractivity contribution is 6.14. The monoisotopic (exact) mass is 218 g/mol. The minimum absolute atomic E-state index is 0.0401. The van der Waals surface area contributed by atoms with Crippen molar-refractivity contribution in [2.45, 2.75) is 13.3 Å². The highest BCUT2D eigenvalue weighted by atomic mass is 16.2. The van der Waals surface area contributed by atoms with Crippen molar-refractivity contribution in [3.8, 4) is 0 Å². The van der Waals surface area contributed by atoms with E-state index in [1.165, 1.54) is 5.01 Å². The molecule has 1 aromatic heterocycles. The minimum atomic E-state index is -0.188. The van der Waals surface area contributed by atoms with Gasteiger partial charge in [0.2, 0.25) is 0 Å². The summed E-state index contributed by atoms with van der Waals surface area (Å²) in [4.78, 5) is 16.1. The average Bonchev–Trinajstić information content (AvgIpc) is 2.59. The number of nitrogens with zero attached hydrogens (tertiary/aromatic N) is 3. The van der Waals surface area contributed by atoms with Crippen molar-refractivity contribution in [3.05, 3.63) is 24.4 Å². The number of hydrazone groups is 1. The maximum Gasteiger partial charge on any atom is 0.257 e. The molecular weight excluding hydrogens is 204 g/mol. The molecule has 1 aliphatic rings. The molecule has 16 heavy (non-hydrogen) atoms. The van der Waals surface area contributed by atoms with Gasteiger partial charge in [-0.1, -0.05) is 6.07 Å². The van der Waals surface area contributed by atoms with Gasteiger partial charge in [-0.3, -0.25) is 4.79 Å². The van der Waals surface area contributed by atoms with Crippen LogP contribution in [0.15, 0.2) is 29.5 Å². The van der Waals surface area contributed by atoms with Gasteiger partial charge in [0.25, 0.3) is 5.91 Å². The maximum atomic E-state index is 12.0. The Morgan fingerprint density at radius 3 is 2.94 bits per heavy atom. The van der Waals surface area contributed by atoms with Crippen LogP contribution >= 0.6 is 0 Å². The molecule has 2 heterocycles. The molecule has 0 saturated heterocycles. The van der Waals surface area contributed by atoms with Crippen LogP contribution in [0.3, 0.4) is 0 Å². The molecule has 0 aromatic carbocycles. The number of amides is 1. The second-order valence-corrected chi connectivity index (χ2v) is 3.71. The lowest BCUT2D eigenvalue weighted by molar-refractivity contribution is -0.119. The summed E-state index contributed by atoms with van der Waals surface area (Å²) in [5.74, 6) is 0.333. The highest BCUT2D eigenvalue weighted by Crippen LogP contribution is 2.23. The van der Waals surface area contributed by atoms with Gasteiger partial charge in [-0.05, 0) is 32.0 Å². The van der Waals surface area contributed by atoms with Gasteiger partial charge < -0.3 is 5.73 Å². The van der Waals surface area contributed by atoms with E-state index in [9.17, 15) is 4.79 Å². The van der Waals surface area contributed by atoms with E-state index in [1.54, 1.807) is 18.3 Å². The van der Waals surface area contributed by atoms with Gasteiger partial charge in [-0.2, -0.15) is 10.1 Å². The van der Waals surface area contributed by atoms with Crippen molar-refractivity contribution >= 4 is 17.4 Å². The van der Waals surface area contributed by atoms with Crippen LogP contribution in [-0.2, 0) is 4.79 Å². The Labute approximate surface area is 94.0 Å². The summed E-state index contributed by atoms with van der Waals surface area (Å²) in [6.07, 6.45) is 2.28. The predicted molar refractivity (Wildman–Crippen MR) is 62.0 cm³/mol. The van der Waals surface area contributed by atoms with Crippen LogP contribution in [0.2, 0.25) is 0 Å². The second-order valence-electron chi connectivity index (χ2n) is 3.71. The maximum absolute atomic E-state index is 12.0. The number of pyridine rings is 1. The van der Waals surface area contributed by atoms with Crippen LogP contribution in [0, 0.1) is 5.92 Å². The zero-order valence-electron chi connectivity index (χ0n) is 9.13. The van der Waals surface area contributed by atoms with Crippen LogP contribution in [0.4, 0.5) is 5.82 Å². The summed E-state index contributed by atoms with van der Waals surface area (Å²) < 4.78 is 0. The van der Waals surface area contributed by atoms with Gasteiger partial charge in [0, 0.05) is 11.9 Å². The van der Waals surface area contributed by atoms with Gasteiger partial charge in [-0.25, -0.2) is 4.98 Å². The molecule has 2 rings (SSSR count). The number of hydrogen-bond acceptors (Lipinski definition) is 4. The predicted octanol–water partition coefficient (Wildman–Crippen LogP) is 0.769. The Morgan fingerprint density at radius 2 is 2.31 bits per heavy atom. The van der Waals surface area contributed by atoms with Gasteiger partial charge >= 0.3 is 0 Å². The SMILES string of the molecule is CC1=NN(c2ccccn2)C(=O)C1CCN. The highest BCUT2D eigenvalue weighted by Gasteiger charge is 2.33. The van der Waals surface area contributed by atoms with E-state index in [0.29, 0.717) is 18.8 Å². The molecule has 0 fully saturated rings. The lowest BCUT2D eigenvalue weighted by atomic mass is 10.0. The van der Waals surface area contributed by atoms with Crippen LogP contribution in [-0.4, -0.2) is 23.1 Å². The van der Waals surface area contributed by atoms with E-state index in [0.717, 1.165) is 5.71 Å². The number of anilines is 1. The molecule has 1 aliphatic heterocycles. The summed E-state index contributed by atoms with van der Waals surface area (Å²) in [7, 11) is 0. The summed E-state index contributed by atoms with van der Waals surface area (Å²) in [6.45, 7) is 2.33. The first-order valence-electron chi connectivity index (χ1n) is 5.24. The van der Waals surface area contributed by atoms with Gasteiger partial charge in [-0.15, -0.1) is 0 Å². The van der Waals surface area contributed by atoms with Crippen molar-refractivity contribution in [2.24, 2.45) is 16.8 Å². The third-order valence-corrected chi connectivity index (χ3v) is 2.59. The van der Waals surface area contributed by atoms with Gasteiger partial charge in [0.15, 0.2) is 5.82 Å². The molecule has 5 heteroatoms. The minimum Gasteiger partial charge on any atom is -0.330 e. The van der Waals surface area contributed by atoms with Gasteiger partial charge in [0.1, 0.15) is 0 Å². The Kier molecular flexibility index (Phi) is 2.96. The first-order chi connectivity index (χ1) is 7.74. The van der Waals surface area contributed by atoms with Crippen LogP contribution in [0.25, 0.3) is 0 Å². The smallest absolute Gasteiger partial charge is 0.257 e. The number of rotatable bonds is 3. The van der Waals surface area contributed by atoms with E-state index in [4.69, 9.17) is 5.73 Å². The van der Waals surface area contributed by atoms with E-state index >= 15 is 0 Å². The fourth-order valence-corrected chi connectivity index (χ4v) is 1.75.